The number of hydrogen-bond acceptors (Lipinski definition) is 4. The van der Waals surface area contributed by atoms with Crippen LogP contribution in [-0.4, -0.2) is 48.2 Å². The number of nitrogens with zero attached hydrogens (tertiary/aromatic N) is 1. The molecule has 0 aromatic heterocycles. The fraction of sp³-hybridized carbons (Fsp3) is 0.941. The minimum Gasteiger partial charge on any atom is -0.465 e. The molecule has 1 rings (SSSR count). The summed E-state index contributed by atoms with van der Waals surface area (Å²) in [5.74, 6) is -0.0528. The van der Waals surface area contributed by atoms with Crippen LogP contribution >= 0.6 is 0 Å². The van der Waals surface area contributed by atoms with Crippen molar-refractivity contribution in [3.8, 4) is 0 Å². The first-order valence-electron chi connectivity index (χ1n) is 8.68. The van der Waals surface area contributed by atoms with Gasteiger partial charge in [-0.25, -0.2) is 0 Å². The molecule has 0 heterocycles. The van der Waals surface area contributed by atoms with Gasteiger partial charge in [0.2, 0.25) is 0 Å². The van der Waals surface area contributed by atoms with Gasteiger partial charge in [-0.1, -0.05) is 13.8 Å². The van der Waals surface area contributed by atoms with Crippen molar-refractivity contribution in [1.29, 1.82) is 0 Å². The number of nitrogens with one attached hydrogen (secondary N) is 1. The molecule has 21 heavy (non-hydrogen) atoms. The van der Waals surface area contributed by atoms with Crippen molar-refractivity contribution in [2.75, 3.05) is 19.7 Å². The van der Waals surface area contributed by atoms with Gasteiger partial charge in [-0.05, 0) is 66.0 Å². The average molecular weight is 298 g/mol. The van der Waals surface area contributed by atoms with Crippen LogP contribution in [0.5, 0.6) is 0 Å². The summed E-state index contributed by atoms with van der Waals surface area (Å²) in [4.78, 5) is 15.1. The first kappa shape index (κ1) is 18.4. The maximum Gasteiger partial charge on any atom is 0.326 e. The Morgan fingerprint density at radius 3 is 2.62 bits per heavy atom. The monoisotopic (exact) mass is 298 g/mol. The van der Waals surface area contributed by atoms with Crippen molar-refractivity contribution >= 4 is 5.97 Å². The highest BCUT2D eigenvalue weighted by Gasteiger charge is 2.44. The standard InChI is InChI=1S/C17H34N2O2/c1-6-12-18-17(16(20)21-8-3)11-9-10-15(13-17)19(7-2)14(4)5/h14-15,18H,6-13H2,1-5H3. The smallest absolute Gasteiger partial charge is 0.326 e. The summed E-state index contributed by atoms with van der Waals surface area (Å²) in [7, 11) is 0. The van der Waals surface area contributed by atoms with Gasteiger partial charge in [-0.15, -0.1) is 0 Å². The molecule has 0 saturated heterocycles. The van der Waals surface area contributed by atoms with E-state index in [0.717, 1.165) is 38.8 Å². The lowest BCUT2D eigenvalue weighted by Crippen LogP contribution is -2.59. The molecule has 0 spiro atoms. The summed E-state index contributed by atoms with van der Waals surface area (Å²) in [5.41, 5.74) is -0.475. The van der Waals surface area contributed by atoms with Crippen LogP contribution in [0.15, 0.2) is 0 Å². The lowest BCUT2D eigenvalue weighted by molar-refractivity contribution is -0.154. The zero-order valence-corrected chi connectivity index (χ0v) is 14.6. The van der Waals surface area contributed by atoms with Crippen LogP contribution in [0.4, 0.5) is 0 Å². The van der Waals surface area contributed by atoms with Crippen LogP contribution in [0.2, 0.25) is 0 Å². The minimum atomic E-state index is -0.475. The summed E-state index contributed by atoms with van der Waals surface area (Å²) in [6.45, 7) is 13.1. The Balaban J connectivity index is 2.88. The quantitative estimate of drug-likeness (QED) is 0.700. The molecule has 1 fully saturated rings. The predicted molar refractivity (Wildman–Crippen MR) is 87.4 cm³/mol. The lowest BCUT2D eigenvalue weighted by Gasteiger charge is -2.44. The van der Waals surface area contributed by atoms with Crippen LogP contribution in [0, 0.1) is 0 Å². The molecule has 0 bridgehead atoms. The van der Waals surface area contributed by atoms with Crippen LogP contribution in [0.25, 0.3) is 0 Å². The highest BCUT2D eigenvalue weighted by Crippen LogP contribution is 2.33. The Bertz CT molecular complexity index is 320. The Kier molecular flexibility index (Phi) is 7.67. The fourth-order valence-electron chi connectivity index (χ4n) is 3.63. The third-order valence-electron chi connectivity index (χ3n) is 4.60. The molecule has 0 aliphatic heterocycles. The molecule has 1 N–H and O–H groups in total. The van der Waals surface area contributed by atoms with Crippen molar-refractivity contribution in [3.05, 3.63) is 0 Å². The molecule has 4 heteroatoms. The van der Waals surface area contributed by atoms with E-state index in [2.05, 4.69) is 37.9 Å². The van der Waals surface area contributed by atoms with Gasteiger partial charge in [0.15, 0.2) is 0 Å². The van der Waals surface area contributed by atoms with Crippen molar-refractivity contribution in [3.63, 3.8) is 0 Å². The van der Waals surface area contributed by atoms with E-state index in [1.807, 2.05) is 6.92 Å². The van der Waals surface area contributed by atoms with E-state index in [1.54, 1.807) is 0 Å². The van der Waals surface area contributed by atoms with Crippen molar-refractivity contribution in [2.24, 2.45) is 0 Å². The SMILES string of the molecule is CCCNC1(C(=O)OCC)CCCC(N(CC)C(C)C)C1. The van der Waals surface area contributed by atoms with E-state index in [0.29, 0.717) is 18.7 Å². The molecule has 0 aromatic carbocycles. The van der Waals surface area contributed by atoms with Crippen molar-refractivity contribution in [2.45, 2.75) is 84.3 Å². The Morgan fingerprint density at radius 1 is 1.38 bits per heavy atom. The number of hydrogen-bond donors (Lipinski definition) is 1. The second kappa shape index (κ2) is 8.74. The van der Waals surface area contributed by atoms with Gasteiger partial charge in [0.25, 0.3) is 0 Å². The van der Waals surface area contributed by atoms with Crippen molar-refractivity contribution in [1.82, 2.24) is 10.2 Å². The molecule has 2 atom stereocenters. The largest absolute Gasteiger partial charge is 0.465 e. The number of rotatable bonds is 8. The zero-order valence-electron chi connectivity index (χ0n) is 14.6. The predicted octanol–water partition coefficient (Wildman–Crippen LogP) is 2.96. The van der Waals surface area contributed by atoms with Gasteiger partial charge in [-0.2, -0.15) is 0 Å². The second-order valence-corrected chi connectivity index (χ2v) is 6.40. The Hall–Kier alpha value is -0.610. The molecule has 4 nitrogen and oxygen atoms in total. The molecule has 1 aliphatic rings. The van der Waals surface area contributed by atoms with Crippen LogP contribution < -0.4 is 5.32 Å². The Morgan fingerprint density at radius 2 is 2.10 bits per heavy atom. The third kappa shape index (κ3) is 4.68. The minimum absolute atomic E-state index is 0.0528. The number of carbonyl (C=O) groups excluding carboxylic acids is 1. The number of ether oxygens (including phenoxy) is 1. The molecule has 124 valence electrons. The second-order valence-electron chi connectivity index (χ2n) is 6.40. The maximum absolute atomic E-state index is 12.5. The molecular weight excluding hydrogens is 264 g/mol. The van der Waals surface area contributed by atoms with E-state index >= 15 is 0 Å². The van der Waals surface area contributed by atoms with E-state index in [1.165, 1.54) is 6.42 Å². The maximum atomic E-state index is 12.5. The lowest BCUT2D eigenvalue weighted by atomic mass is 9.77. The highest BCUT2D eigenvalue weighted by molar-refractivity contribution is 5.81. The molecule has 0 radical (unpaired) electrons. The average Bonchev–Trinajstić information content (AvgIpc) is 2.46. The number of carbonyl (C=O) groups is 1. The van der Waals surface area contributed by atoms with Gasteiger partial charge in [0, 0.05) is 12.1 Å². The van der Waals surface area contributed by atoms with Gasteiger partial charge in [0.05, 0.1) is 6.61 Å². The molecule has 1 aliphatic carbocycles. The van der Waals surface area contributed by atoms with Crippen molar-refractivity contribution < 1.29 is 9.53 Å². The van der Waals surface area contributed by atoms with Crippen LogP contribution in [-0.2, 0) is 9.53 Å². The molecular formula is C17H34N2O2. The van der Waals surface area contributed by atoms with E-state index in [4.69, 9.17) is 4.74 Å². The highest BCUT2D eigenvalue weighted by atomic mass is 16.5. The Labute approximate surface area is 130 Å². The van der Waals surface area contributed by atoms with Gasteiger partial charge < -0.3 is 10.1 Å². The molecule has 1 saturated carbocycles. The topological polar surface area (TPSA) is 41.6 Å². The number of esters is 1. The fourth-order valence-corrected chi connectivity index (χ4v) is 3.63. The summed E-state index contributed by atoms with van der Waals surface area (Å²) in [6, 6.07) is 0.988. The summed E-state index contributed by atoms with van der Waals surface area (Å²) >= 11 is 0. The first-order valence-corrected chi connectivity index (χ1v) is 8.68. The molecule has 2 unspecified atom stereocenters. The third-order valence-corrected chi connectivity index (χ3v) is 4.60. The first-order chi connectivity index (χ1) is 10.0. The summed E-state index contributed by atoms with van der Waals surface area (Å²) < 4.78 is 5.38. The normalized spacial score (nSPS) is 26.3. The van der Waals surface area contributed by atoms with Gasteiger partial charge in [0.1, 0.15) is 5.54 Å². The zero-order chi connectivity index (χ0) is 15.9. The summed E-state index contributed by atoms with van der Waals surface area (Å²) in [5, 5.41) is 3.52. The van der Waals surface area contributed by atoms with E-state index in [-0.39, 0.29) is 5.97 Å². The molecule has 0 amide bonds. The van der Waals surface area contributed by atoms with Crippen LogP contribution in [0.3, 0.4) is 0 Å². The van der Waals surface area contributed by atoms with Gasteiger partial charge in [-0.3, -0.25) is 9.69 Å². The van der Waals surface area contributed by atoms with E-state index < -0.39 is 5.54 Å². The van der Waals surface area contributed by atoms with E-state index in [9.17, 15) is 4.79 Å². The van der Waals surface area contributed by atoms with Gasteiger partial charge >= 0.3 is 5.97 Å². The molecule has 0 aromatic rings. The summed E-state index contributed by atoms with van der Waals surface area (Å²) in [6.07, 6.45) is 5.08. The van der Waals surface area contributed by atoms with Crippen LogP contribution in [0.1, 0.15) is 66.7 Å².